The Morgan fingerprint density at radius 1 is 1.12 bits per heavy atom. The number of hydrogen-bond donors (Lipinski definition) is 3. The molecule has 0 spiro atoms. The molecule has 2 aliphatic carbocycles. The van der Waals surface area contributed by atoms with Crippen molar-refractivity contribution in [2.75, 3.05) is 6.54 Å². The van der Waals surface area contributed by atoms with Crippen LogP contribution in [0.2, 0.25) is 0 Å². The van der Waals surface area contributed by atoms with Crippen LogP contribution in [0.4, 0.5) is 0 Å². The first-order chi connectivity index (χ1) is 11.8. The molecule has 3 N–H and O–H groups in total. The minimum atomic E-state index is -4.02. The monoisotopic (exact) mass is 361 g/mol. The van der Waals surface area contributed by atoms with Crippen molar-refractivity contribution in [1.82, 2.24) is 5.32 Å². The van der Waals surface area contributed by atoms with Crippen molar-refractivity contribution in [2.24, 2.45) is 5.92 Å². The number of hydrogen-bond acceptors (Lipinski definition) is 4. The fourth-order valence-electron chi connectivity index (χ4n) is 2.34. The maximum atomic E-state index is 10.5. The highest BCUT2D eigenvalue weighted by molar-refractivity contribution is 7.85. The fraction of sp³-hybridized carbons (Fsp3) is 0.167. The van der Waals surface area contributed by atoms with Gasteiger partial charge in [0, 0.05) is 11.6 Å². The van der Waals surface area contributed by atoms with E-state index < -0.39 is 16.1 Å². The van der Waals surface area contributed by atoms with Crippen molar-refractivity contribution in [3.63, 3.8) is 0 Å². The molecular weight excluding hydrogens is 342 g/mol. The van der Waals surface area contributed by atoms with Gasteiger partial charge < -0.3 is 10.4 Å². The van der Waals surface area contributed by atoms with E-state index in [0.29, 0.717) is 5.92 Å². The summed E-state index contributed by atoms with van der Waals surface area (Å²) in [6.45, 7) is 1.80. The minimum Gasteiger partial charge on any atom is -0.480 e. The highest BCUT2D eigenvalue weighted by atomic mass is 32.2. The lowest BCUT2D eigenvalue weighted by Gasteiger charge is -2.17. The zero-order valence-electron chi connectivity index (χ0n) is 13.6. The van der Waals surface area contributed by atoms with Crippen LogP contribution in [-0.2, 0) is 14.9 Å². The van der Waals surface area contributed by atoms with Crippen LogP contribution in [0.5, 0.6) is 0 Å². The van der Waals surface area contributed by atoms with Gasteiger partial charge in [-0.1, -0.05) is 48.1 Å². The smallest absolute Gasteiger partial charge is 0.322 e. The van der Waals surface area contributed by atoms with Crippen molar-refractivity contribution >= 4 is 16.1 Å². The van der Waals surface area contributed by atoms with Gasteiger partial charge in [-0.3, -0.25) is 9.35 Å². The molecule has 0 bridgehead atoms. The maximum absolute atomic E-state index is 10.5. The Kier molecular flexibility index (Phi) is 5.95. The Labute approximate surface area is 146 Å². The number of aliphatic carboxylic acids is 1. The third kappa shape index (κ3) is 5.44. The summed E-state index contributed by atoms with van der Waals surface area (Å²) < 4.78 is 29.6. The number of aryl methyl sites for hydroxylation is 1. The van der Waals surface area contributed by atoms with Crippen molar-refractivity contribution in [3.05, 3.63) is 77.6 Å². The third-order valence-electron chi connectivity index (χ3n) is 3.59. The van der Waals surface area contributed by atoms with Gasteiger partial charge in [0.2, 0.25) is 0 Å². The SMILES string of the molecule is Cc1ccc(S(=O)(=O)O)cc1.O=C(O)CNC1=CC=CC2C=CC=C12. The molecule has 132 valence electrons. The van der Waals surface area contributed by atoms with E-state index in [4.69, 9.17) is 9.66 Å². The Morgan fingerprint density at radius 2 is 1.72 bits per heavy atom. The molecule has 0 amide bonds. The standard InChI is InChI=1S/C11H11NO2.C7H8O3S/c13-11(14)7-12-10-6-2-4-8-3-1-5-9(8)10;1-6-2-4-7(5-3-6)11(8,9)10/h1-6,8,12H,7H2,(H,13,14);2-5H,1H3,(H,8,9,10). The number of allylic oxidation sites excluding steroid dienone is 7. The van der Waals surface area contributed by atoms with Gasteiger partial charge in [0.05, 0.1) is 4.90 Å². The molecule has 0 saturated heterocycles. The highest BCUT2D eigenvalue weighted by Gasteiger charge is 2.18. The molecule has 3 rings (SSSR count). The molecule has 2 aliphatic rings. The molecule has 6 nitrogen and oxygen atoms in total. The van der Waals surface area contributed by atoms with Crippen molar-refractivity contribution in [1.29, 1.82) is 0 Å². The molecule has 0 aliphatic heterocycles. The van der Waals surface area contributed by atoms with E-state index in [0.717, 1.165) is 16.8 Å². The molecule has 1 aromatic carbocycles. The van der Waals surface area contributed by atoms with Crippen LogP contribution in [0.3, 0.4) is 0 Å². The van der Waals surface area contributed by atoms with Gasteiger partial charge in [-0.05, 0) is 30.7 Å². The maximum Gasteiger partial charge on any atom is 0.322 e. The summed E-state index contributed by atoms with van der Waals surface area (Å²) in [6, 6.07) is 5.99. The fourth-order valence-corrected chi connectivity index (χ4v) is 2.82. The Bertz CT molecular complexity index is 861. The summed E-state index contributed by atoms with van der Waals surface area (Å²) in [7, 11) is -4.02. The summed E-state index contributed by atoms with van der Waals surface area (Å²) in [4.78, 5) is 10.3. The second-order valence-electron chi connectivity index (χ2n) is 5.53. The van der Waals surface area contributed by atoms with Crippen LogP contribution in [0.25, 0.3) is 0 Å². The van der Waals surface area contributed by atoms with E-state index in [-0.39, 0.29) is 11.4 Å². The van der Waals surface area contributed by atoms with E-state index in [1.165, 1.54) is 12.1 Å². The molecule has 7 heteroatoms. The molecule has 0 fully saturated rings. The van der Waals surface area contributed by atoms with Gasteiger partial charge in [0.1, 0.15) is 6.54 Å². The van der Waals surface area contributed by atoms with Gasteiger partial charge in [-0.2, -0.15) is 8.42 Å². The quantitative estimate of drug-likeness (QED) is 0.712. The van der Waals surface area contributed by atoms with E-state index in [2.05, 4.69) is 17.5 Å². The van der Waals surface area contributed by atoms with Crippen LogP contribution in [-0.4, -0.2) is 30.6 Å². The molecule has 0 aromatic heterocycles. The van der Waals surface area contributed by atoms with Crippen LogP contribution in [0, 0.1) is 12.8 Å². The van der Waals surface area contributed by atoms with Gasteiger partial charge in [-0.25, -0.2) is 0 Å². The summed E-state index contributed by atoms with van der Waals surface area (Å²) in [5, 5.41) is 11.4. The second-order valence-corrected chi connectivity index (χ2v) is 6.95. The lowest BCUT2D eigenvalue weighted by molar-refractivity contribution is -0.135. The van der Waals surface area contributed by atoms with Crippen molar-refractivity contribution < 1.29 is 22.9 Å². The van der Waals surface area contributed by atoms with E-state index >= 15 is 0 Å². The summed E-state index contributed by atoms with van der Waals surface area (Å²) in [5.41, 5.74) is 3.01. The van der Waals surface area contributed by atoms with Crippen molar-refractivity contribution in [3.8, 4) is 0 Å². The summed E-state index contributed by atoms with van der Waals surface area (Å²) in [5.74, 6) is -0.528. The van der Waals surface area contributed by atoms with Gasteiger partial charge >= 0.3 is 5.97 Å². The number of fused-ring (bicyclic) bond motifs is 1. The van der Waals surface area contributed by atoms with Crippen LogP contribution >= 0.6 is 0 Å². The van der Waals surface area contributed by atoms with E-state index in [9.17, 15) is 13.2 Å². The lowest BCUT2D eigenvalue weighted by atomic mass is 9.95. The third-order valence-corrected chi connectivity index (χ3v) is 4.46. The molecule has 1 aromatic rings. The largest absolute Gasteiger partial charge is 0.480 e. The molecule has 1 atom stereocenters. The first-order valence-corrected chi connectivity index (χ1v) is 8.98. The van der Waals surface area contributed by atoms with Crippen LogP contribution in [0.1, 0.15) is 5.56 Å². The lowest BCUT2D eigenvalue weighted by Crippen LogP contribution is -2.24. The second kappa shape index (κ2) is 7.96. The molecule has 0 radical (unpaired) electrons. The summed E-state index contributed by atoms with van der Waals surface area (Å²) >= 11 is 0. The van der Waals surface area contributed by atoms with Gasteiger partial charge in [-0.15, -0.1) is 0 Å². The minimum absolute atomic E-state index is 0.0380. The van der Waals surface area contributed by atoms with Crippen molar-refractivity contribution in [2.45, 2.75) is 11.8 Å². The highest BCUT2D eigenvalue weighted by Crippen LogP contribution is 2.28. The Balaban J connectivity index is 0.000000186. The summed E-state index contributed by atoms with van der Waals surface area (Å²) in [6.07, 6.45) is 12.0. The number of benzene rings is 1. The molecule has 25 heavy (non-hydrogen) atoms. The number of carbonyl (C=O) groups is 1. The molecular formula is C18H19NO5S. The predicted molar refractivity (Wildman–Crippen MR) is 94.6 cm³/mol. The average molecular weight is 361 g/mol. The number of rotatable bonds is 4. The molecule has 1 unspecified atom stereocenters. The first kappa shape index (κ1) is 18.7. The topological polar surface area (TPSA) is 104 Å². The van der Waals surface area contributed by atoms with E-state index in [1.54, 1.807) is 12.1 Å². The first-order valence-electron chi connectivity index (χ1n) is 7.54. The zero-order chi connectivity index (χ0) is 18.4. The number of nitrogens with one attached hydrogen (secondary N) is 1. The molecule has 0 saturated carbocycles. The average Bonchev–Trinajstić information content (AvgIpc) is 3.02. The van der Waals surface area contributed by atoms with E-state index in [1.807, 2.05) is 31.2 Å². The van der Waals surface area contributed by atoms with Crippen LogP contribution in [0.15, 0.2) is 76.9 Å². The normalized spacial score (nSPS) is 17.8. The van der Waals surface area contributed by atoms with Crippen LogP contribution < -0.4 is 5.32 Å². The van der Waals surface area contributed by atoms with Gasteiger partial charge in [0.25, 0.3) is 10.1 Å². The molecule has 0 heterocycles. The zero-order valence-corrected chi connectivity index (χ0v) is 14.4. The predicted octanol–water partition coefficient (Wildman–Crippen LogP) is 2.47. The Morgan fingerprint density at radius 3 is 2.28 bits per heavy atom. The van der Waals surface area contributed by atoms with Gasteiger partial charge in [0.15, 0.2) is 0 Å². The number of carboxylic acid groups (broad SMARTS) is 1. The number of carboxylic acids is 1. The Hall–Kier alpha value is -2.64.